The van der Waals surface area contributed by atoms with E-state index in [2.05, 4.69) is 27.7 Å². The lowest BCUT2D eigenvalue weighted by Crippen LogP contribution is -2.30. The zero-order chi connectivity index (χ0) is 36.0. The van der Waals surface area contributed by atoms with Gasteiger partial charge in [-0.25, -0.2) is 0 Å². The molecular formula is C43H82O6. The lowest BCUT2D eigenvalue weighted by Gasteiger charge is -2.18. The fourth-order valence-electron chi connectivity index (χ4n) is 6.24. The number of hydrogen-bond acceptors (Lipinski definition) is 6. The Morgan fingerprint density at radius 1 is 0.408 bits per heavy atom. The van der Waals surface area contributed by atoms with Crippen LogP contribution in [0.25, 0.3) is 0 Å². The highest BCUT2D eigenvalue weighted by Gasteiger charge is 2.19. The van der Waals surface area contributed by atoms with E-state index >= 15 is 0 Å². The third kappa shape index (κ3) is 36.0. The molecule has 0 radical (unpaired) electrons. The number of rotatable bonds is 38. The van der Waals surface area contributed by atoms with E-state index in [0.717, 1.165) is 63.7 Å². The highest BCUT2D eigenvalue weighted by molar-refractivity contribution is 5.71. The molecule has 49 heavy (non-hydrogen) atoms. The van der Waals surface area contributed by atoms with E-state index < -0.39 is 6.10 Å². The van der Waals surface area contributed by atoms with Gasteiger partial charge < -0.3 is 14.2 Å². The topological polar surface area (TPSA) is 78.9 Å². The molecule has 0 aromatic rings. The molecule has 0 heterocycles. The maximum atomic E-state index is 12.6. The minimum Gasteiger partial charge on any atom is -0.462 e. The Bertz CT molecular complexity index is 738. The van der Waals surface area contributed by atoms with Crippen molar-refractivity contribution in [3.63, 3.8) is 0 Å². The number of ether oxygens (including phenoxy) is 3. The Morgan fingerprint density at radius 3 is 1.06 bits per heavy atom. The average Bonchev–Trinajstić information content (AvgIpc) is 3.10. The number of carbonyl (C=O) groups is 3. The Balaban J connectivity index is 4.36. The minimum atomic E-state index is -0.758. The molecular weight excluding hydrogens is 612 g/mol. The van der Waals surface area contributed by atoms with Gasteiger partial charge in [0.05, 0.1) is 0 Å². The lowest BCUT2D eigenvalue weighted by atomic mass is 10.00. The van der Waals surface area contributed by atoms with Crippen LogP contribution in [0.5, 0.6) is 0 Å². The van der Waals surface area contributed by atoms with Crippen LogP contribution in [0, 0.1) is 5.92 Å². The molecule has 0 aliphatic carbocycles. The first-order chi connectivity index (χ1) is 23.9. The van der Waals surface area contributed by atoms with Crippen molar-refractivity contribution >= 4 is 17.9 Å². The van der Waals surface area contributed by atoms with E-state index in [1.165, 1.54) is 128 Å². The highest BCUT2D eigenvalue weighted by Crippen LogP contribution is 2.16. The van der Waals surface area contributed by atoms with Gasteiger partial charge in [-0.2, -0.15) is 0 Å². The second-order valence-electron chi connectivity index (χ2n) is 14.9. The summed E-state index contributed by atoms with van der Waals surface area (Å²) in [6.45, 7) is 8.93. The molecule has 0 aromatic carbocycles. The molecule has 0 rings (SSSR count). The number of hydrogen-bond donors (Lipinski definition) is 0. The third-order valence-corrected chi connectivity index (χ3v) is 9.90. The summed E-state index contributed by atoms with van der Waals surface area (Å²) in [6, 6.07) is 0. The zero-order valence-electron chi connectivity index (χ0n) is 33.1. The van der Waals surface area contributed by atoms with Gasteiger partial charge in [-0.1, -0.05) is 195 Å². The molecule has 0 aliphatic heterocycles. The molecule has 0 N–H and O–H groups in total. The molecule has 2 atom stereocenters. The lowest BCUT2D eigenvalue weighted by molar-refractivity contribution is -0.167. The zero-order valence-corrected chi connectivity index (χ0v) is 33.1. The quantitative estimate of drug-likeness (QED) is 0.0364. The molecule has 0 saturated heterocycles. The largest absolute Gasteiger partial charge is 0.462 e. The summed E-state index contributed by atoms with van der Waals surface area (Å²) in [6.07, 6.45) is 35.1. The van der Waals surface area contributed by atoms with Crippen molar-refractivity contribution in [1.82, 2.24) is 0 Å². The molecule has 0 amide bonds. The fraction of sp³-hybridized carbons (Fsp3) is 0.930. The van der Waals surface area contributed by atoms with Gasteiger partial charge in [0.2, 0.25) is 0 Å². The molecule has 0 bridgehead atoms. The Kier molecular flexibility index (Phi) is 36.4. The molecule has 0 spiro atoms. The van der Waals surface area contributed by atoms with Gasteiger partial charge in [-0.3, -0.25) is 14.4 Å². The highest BCUT2D eigenvalue weighted by atomic mass is 16.6. The van der Waals surface area contributed by atoms with Gasteiger partial charge in [0.15, 0.2) is 6.10 Å². The Morgan fingerprint density at radius 2 is 0.714 bits per heavy atom. The van der Waals surface area contributed by atoms with Gasteiger partial charge in [0, 0.05) is 19.3 Å². The van der Waals surface area contributed by atoms with Crippen LogP contribution >= 0.6 is 0 Å². The summed E-state index contributed by atoms with van der Waals surface area (Å²) in [5.41, 5.74) is 0. The predicted octanol–water partition coefficient (Wildman–Crippen LogP) is 13.2. The van der Waals surface area contributed by atoms with Gasteiger partial charge >= 0.3 is 17.9 Å². The molecule has 0 saturated carbocycles. The smallest absolute Gasteiger partial charge is 0.306 e. The maximum Gasteiger partial charge on any atom is 0.306 e. The molecule has 290 valence electrons. The van der Waals surface area contributed by atoms with Gasteiger partial charge in [0.25, 0.3) is 0 Å². The number of unbranched alkanes of at least 4 members (excludes halogenated alkanes) is 24. The summed E-state index contributed by atoms with van der Waals surface area (Å²) in [5, 5.41) is 0. The van der Waals surface area contributed by atoms with Crippen molar-refractivity contribution in [3.8, 4) is 0 Å². The van der Waals surface area contributed by atoms with E-state index in [0.29, 0.717) is 19.3 Å². The van der Waals surface area contributed by atoms with Crippen LogP contribution in [0.4, 0.5) is 0 Å². The first-order valence-electron chi connectivity index (χ1n) is 21.4. The summed E-state index contributed by atoms with van der Waals surface area (Å²) in [5.74, 6) is -0.0483. The maximum absolute atomic E-state index is 12.6. The molecule has 0 aliphatic rings. The van der Waals surface area contributed by atoms with Gasteiger partial charge in [0.1, 0.15) is 13.2 Å². The van der Waals surface area contributed by atoms with Crippen LogP contribution in [0.15, 0.2) is 0 Å². The first kappa shape index (κ1) is 47.4. The summed E-state index contributed by atoms with van der Waals surface area (Å²) < 4.78 is 16.6. The van der Waals surface area contributed by atoms with Crippen molar-refractivity contribution in [1.29, 1.82) is 0 Å². The van der Waals surface area contributed by atoms with Crippen molar-refractivity contribution in [3.05, 3.63) is 0 Å². The van der Waals surface area contributed by atoms with E-state index in [1.54, 1.807) is 0 Å². The van der Waals surface area contributed by atoms with Crippen molar-refractivity contribution in [2.75, 3.05) is 13.2 Å². The third-order valence-electron chi connectivity index (χ3n) is 9.90. The second kappa shape index (κ2) is 37.7. The van der Waals surface area contributed by atoms with Crippen LogP contribution in [0.2, 0.25) is 0 Å². The molecule has 6 nitrogen and oxygen atoms in total. The van der Waals surface area contributed by atoms with Crippen molar-refractivity contribution in [2.24, 2.45) is 5.92 Å². The Hall–Kier alpha value is -1.59. The van der Waals surface area contributed by atoms with Crippen LogP contribution in [0.1, 0.15) is 233 Å². The molecule has 1 unspecified atom stereocenters. The molecule has 0 aromatic heterocycles. The standard InChI is InChI=1S/C43H82O6/c1-5-8-10-12-14-16-18-20-22-28-32-36-43(46)49-40(37-47-41(44)34-30-26-21-19-17-15-13-11-9-6-2)38-48-42(45)35-31-27-24-23-25-29-33-39(4)7-3/h39-40H,5-38H2,1-4H3/t39?,40-/m1/s1. The second-order valence-corrected chi connectivity index (χ2v) is 14.9. The molecule has 6 heteroatoms. The predicted molar refractivity (Wildman–Crippen MR) is 206 cm³/mol. The van der Waals surface area contributed by atoms with Crippen molar-refractivity contribution in [2.45, 2.75) is 239 Å². The van der Waals surface area contributed by atoms with Crippen LogP contribution in [0.3, 0.4) is 0 Å². The van der Waals surface area contributed by atoms with Crippen LogP contribution in [-0.2, 0) is 28.6 Å². The van der Waals surface area contributed by atoms with Gasteiger partial charge in [-0.05, 0) is 25.2 Å². The van der Waals surface area contributed by atoms with E-state index in [1.807, 2.05) is 0 Å². The Labute approximate surface area is 304 Å². The minimum absolute atomic E-state index is 0.0650. The fourth-order valence-corrected chi connectivity index (χ4v) is 6.24. The number of esters is 3. The summed E-state index contributed by atoms with van der Waals surface area (Å²) >= 11 is 0. The van der Waals surface area contributed by atoms with Crippen molar-refractivity contribution < 1.29 is 28.6 Å². The SMILES string of the molecule is CCCCCCCCCCCCCC(=O)O[C@H](COC(=O)CCCCCCCCCCCC)COC(=O)CCCCCCCCC(C)CC. The first-order valence-corrected chi connectivity index (χ1v) is 21.4. The summed E-state index contributed by atoms with van der Waals surface area (Å²) in [4.78, 5) is 37.5. The van der Waals surface area contributed by atoms with E-state index in [9.17, 15) is 14.4 Å². The monoisotopic (exact) mass is 695 g/mol. The van der Waals surface area contributed by atoms with Crippen LogP contribution in [-0.4, -0.2) is 37.2 Å². The van der Waals surface area contributed by atoms with Gasteiger partial charge in [-0.15, -0.1) is 0 Å². The van der Waals surface area contributed by atoms with E-state index in [4.69, 9.17) is 14.2 Å². The van der Waals surface area contributed by atoms with Crippen LogP contribution < -0.4 is 0 Å². The molecule has 0 fully saturated rings. The normalized spacial score (nSPS) is 12.5. The number of carbonyl (C=O) groups excluding carboxylic acids is 3. The van der Waals surface area contributed by atoms with E-state index in [-0.39, 0.29) is 31.1 Å². The summed E-state index contributed by atoms with van der Waals surface area (Å²) in [7, 11) is 0. The average molecular weight is 695 g/mol.